The highest BCUT2D eigenvalue weighted by Gasteiger charge is 2.54. The number of ether oxygens (including phenoxy) is 2. The van der Waals surface area contributed by atoms with Crippen LogP contribution in [-0.4, -0.2) is 85.7 Å². The normalized spacial score (nSPS) is 25.5. The highest BCUT2D eigenvalue weighted by Crippen LogP contribution is 2.48. The molecule has 0 aromatic carbocycles. The summed E-state index contributed by atoms with van der Waals surface area (Å²) in [6.07, 6.45) is -3.13. The van der Waals surface area contributed by atoms with E-state index in [1.807, 2.05) is 0 Å². The number of rotatable bonds is 14. The third-order valence-corrected chi connectivity index (χ3v) is 9.12. The topological polar surface area (TPSA) is 195 Å². The van der Waals surface area contributed by atoms with E-state index < -0.39 is 72.4 Å². The third-order valence-electron chi connectivity index (χ3n) is 5.81. The van der Waals surface area contributed by atoms with Gasteiger partial charge in [-0.2, -0.15) is 0 Å². The third kappa shape index (κ3) is 8.97. The molecule has 0 amide bonds. The Labute approximate surface area is 240 Å². The monoisotopic (exact) mass is 629 g/mol. The molecule has 0 radical (unpaired) electrons. The highest BCUT2D eigenvalue weighted by atomic mass is 35.5. The fourth-order valence-corrected chi connectivity index (χ4v) is 6.13. The minimum atomic E-state index is -4.28. The maximum absolute atomic E-state index is 13.6. The zero-order valence-electron chi connectivity index (χ0n) is 23.1. The Hall–Kier alpha value is -1.55. The first-order chi connectivity index (χ1) is 18.4. The quantitative estimate of drug-likeness (QED) is 0.0991. The van der Waals surface area contributed by atoms with Crippen molar-refractivity contribution in [1.29, 1.82) is 0 Å². The Balaban J connectivity index is 2.16. The summed E-state index contributed by atoms with van der Waals surface area (Å²) in [4.78, 5) is 48.8. The number of alkyl halides is 1. The van der Waals surface area contributed by atoms with Crippen molar-refractivity contribution in [2.75, 3.05) is 25.6 Å². The van der Waals surface area contributed by atoms with Crippen LogP contribution in [-0.2, 0) is 32.7 Å². The van der Waals surface area contributed by atoms with Crippen LogP contribution in [0.15, 0.2) is 21.9 Å². The van der Waals surface area contributed by atoms with Gasteiger partial charge >= 0.3 is 19.4 Å². The van der Waals surface area contributed by atoms with Crippen LogP contribution >= 0.6 is 31.1 Å². The number of thioether (sulfide) groups is 1. The molecular formula is C23H37ClN3O11PS. The number of nitrogens with one attached hydrogen (secondary N) is 2. The fourth-order valence-electron chi connectivity index (χ4n) is 3.42. The van der Waals surface area contributed by atoms with E-state index in [2.05, 4.69) is 10.1 Å². The average molecular weight is 630 g/mol. The van der Waals surface area contributed by atoms with Crippen molar-refractivity contribution in [2.45, 2.75) is 77.0 Å². The standard InChI is InChI=1S/C23H37ClN3O11PS/c1-13(2)37-18(31)14(3)26-39(34,35-9-10-40-20(32)22(4,5)12-28)36-11-15-17(30)23(6,24)19(38-15)27-8-7-16(29)25-21(27)33/h7-8,13-15,17,19,28,30H,9-12H2,1-6H3,(H,26,34)(H,25,29,33)/t14-,15+,17+,19+,23+,39-/m0/s1. The van der Waals surface area contributed by atoms with Crippen LogP contribution < -0.4 is 16.3 Å². The van der Waals surface area contributed by atoms with Gasteiger partial charge in [0.05, 0.1) is 31.3 Å². The van der Waals surface area contributed by atoms with E-state index in [0.29, 0.717) is 0 Å². The largest absolute Gasteiger partial charge is 0.462 e. The molecule has 228 valence electrons. The van der Waals surface area contributed by atoms with Crippen molar-refractivity contribution in [2.24, 2.45) is 5.41 Å². The molecule has 17 heteroatoms. The molecule has 14 nitrogen and oxygen atoms in total. The zero-order chi connectivity index (χ0) is 30.5. The zero-order valence-corrected chi connectivity index (χ0v) is 25.6. The predicted octanol–water partition coefficient (Wildman–Crippen LogP) is 1.14. The van der Waals surface area contributed by atoms with E-state index in [1.54, 1.807) is 27.7 Å². The summed E-state index contributed by atoms with van der Waals surface area (Å²) in [5, 5.41) is 22.4. The molecule has 0 bridgehead atoms. The fraction of sp³-hybridized carbons (Fsp3) is 0.739. The number of H-pyrrole nitrogens is 1. The number of aromatic nitrogens is 2. The van der Waals surface area contributed by atoms with Gasteiger partial charge in [-0.3, -0.25) is 33.0 Å². The van der Waals surface area contributed by atoms with Crippen molar-refractivity contribution in [1.82, 2.24) is 14.6 Å². The summed E-state index contributed by atoms with van der Waals surface area (Å²) >= 11 is 7.38. The molecule has 0 saturated carbocycles. The first-order valence-corrected chi connectivity index (χ1v) is 15.3. The Kier molecular flexibility index (Phi) is 12.2. The lowest BCUT2D eigenvalue weighted by atomic mass is 9.97. The van der Waals surface area contributed by atoms with Crippen LogP contribution in [0, 0.1) is 5.41 Å². The molecule has 2 heterocycles. The molecule has 1 aliphatic heterocycles. The number of halogens is 1. The van der Waals surface area contributed by atoms with Gasteiger partial charge in [0, 0.05) is 18.0 Å². The summed E-state index contributed by atoms with van der Waals surface area (Å²) in [6.45, 7) is 8.11. The highest BCUT2D eigenvalue weighted by molar-refractivity contribution is 8.13. The number of hydrogen-bond donors (Lipinski definition) is 4. The van der Waals surface area contributed by atoms with E-state index in [-0.39, 0.29) is 24.1 Å². The lowest BCUT2D eigenvalue weighted by Gasteiger charge is -2.26. The van der Waals surface area contributed by atoms with Crippen molar-refractivity contribution in [3.8, 4) is 0 Å². The van der Waals surface area contributed by atoms with Crippen LogP contribution in [0.1, 0.15) is 47.8 Å². The Morgan fingerprint density at radius 3 is 2.55 bits per heavy atom. The van der Waals surface area contributed by atoms with Gasteiger partial charge in [0.15, 0.2) is 11.3 Å². The predicted molar refractivity (Wildman–Crippen MR) is 147 cm³/mol. The maximum atomic E-state index is 13.6. The van der Waals surface area contributed by atoms with Crippen LogP contribution in [0.3, 0.4) is 0 Å². The summed E-state index contributed by atoms with van der Waals surface area (Å²) in [5.41, 5.74) is -2.43. The Morgan fingerprint density at radius 1 is 1.32 bits per heavy atom. The smallest absolute Gasteiger partial charge is 0.406 e. The van der Waals surface area contributed by atoms with Crippen molar-refractivity contribution in [3.63, 3.8) is 0 Å². The van der Waals surface area contributed by atoms with E-state index in [0.717, 1.165) is 28.6 Å². The maximum Gasteiger partial charge on any atom is 0.406 e. The lowest BCUT2D eigenvalue weighted by molar-refractivity contribution is -0.149. The van der Waals surface area contributed by atoms with Gasteiger partial charge in [0.2, 0.25) is 0 Å². The van der Waals surface area contributed by atoms with Gasteiger partial charge in [0.1, 0.15) is 23.1 Å². The Bertz CT molecular complexity index is 1200. The Morgan fingerprint density at radius 2 is 1.98 bits per heavy atom. The van der Waals surface area contributed by atoms with E-state index >= 15 is 0 Å². The summed E-state index contributed by atoms with van der Waals surface area (Å²) in [7, 11) is -4.28. The van der Waals surface area contributed by atoms with Crippen LogP contribution in [0.2, 0.25) is 0 Å². The molecule has 1 fully saturated rings. The summed E-state index contributed by atoms with van der Waals surface area (Å²) < 4.78 is 36.5. The number of aliphatic hydroxyl groups excluding tert-OH is 2. The number of carbonyl (C=O) groups is 2. The molecule has 1 aromatic heterocycles. The molecule has 6 atom stereocenters. The second-order valence-electron chi connectivity index (χ2n) is 10.3. The number of hydrogen-bond acceptors (Lipinski definition) is 12. The first kappa shape index (κ1) is 34.7. The van der Waals surface area contributed by atoms with Gasteiger partial charge in [-0.1, -0.05) is 11.8 Å². The molecule has 1 aromatic rings. The molecule has 1 aliphatic rings. The van der Waals surface area contributed by atoms with Crippen molar-refractivity contribution >= 4 is 42.2 Å². The van der Waals surface area contributed by atoms with Crippen molar-refractivity contribution in [3.05, 3.63) is 33.1 Å². The number of carbonyl (C=O) groups excluding carboxylic acids is 2. The summed E-state index contributed by atoms with van der Waals surface area (Å²) in [6, 6.07) is -0.0434. The lowest BCUT2D eigenvalue weighted by Crippen LogP contribution is -2.43. The number of aromatic amines is 1. The number of nitrogens with zero attached hydrogens (tertiary/aromatic N) is 1. The van der Waals surface area contributed by atoms with Crippen LogP contribution in [0.5, 0.6) is 0 Å². The van der Waals surface area contributed by atoms with E-state index in [4.69, 9.17) is 30.1 Å². The van der Waals surface area contributed by atoms with Gasteiger partial charge in [-0.05, 0) is 41.5 Å². The summed E-state index contributed by atoms with van der Waals surface area (Å²) in [5.74, 6) is -0.665. The molecule has 0 spiro atoms. The van der Waals surface area contributed by atoms with Crippen LogP contribution in [0.4, 0.5) is 0 Å². The molecule has 40 heavy (non-hydrogen) atoms. The SMILES string of the molecule is CC(C)OC(=O)[C@H](C)N[P@](=O)(OCCSC(=O)C(C)(C)CO)OC[C@H]1O[C@@H](n2ccc(=O)[nH]c2=O)[C@](C)(Cl)[C@@H]1O. The molecule has 0 unspecified atom stereocenters. The molecule has 0 aliphatic carbocycles. The number of esters is 1. The minimum absolute atomic E-state index is 0.0572. The van der Waals surface area contributed by atoms with Gasteiger partial charge in [0.25, 0.3) is 5.56 Å². The van der Waals surface area contributed by atoms with Crippen LogP contribution in [0.25, 0.3) is 0 Å². The van der Waals surface area contributed by atoms with E-state index in [9.17, 15) is 34.0 Å². The first-order valence-electron chi connectivity index (χ1n) is 12.4. The molecular weight excluding hydrogens is 593 g/mol. The van der Waals surface area contributed by atoms with Gasteiger partial charge in [-0.25, -0.2) is 14.4 Å². The second-order valence-corrected chi connectivity index (χ2v) is 13.9. The van der Waals surface area contributed by atoms with E-state index in [1.165, 1.54) is 13.8 Å². The number of aliphatic hydroxyl groups is 2. The molecule has 1 saturated heterocycles. The molecule has 4 N–H and O–H groups in total. The minimum Gasteiger partial charge on any atom is -0.462 e. The van der Waals surface area contributed by atoms with Crippen molar-refractivity contribution < 1.29 is 42.9 Å². The average Bonchev–Trinajstić information content (AvgIpc) is 3.08. The molecule has 2 rings (SSSR count). The van der Waals surface area contributed by atoms with Gasteiger partial charge < -0.3 is 19.7 Å². The second kappa shape index (κ2) is 14.1. The van der Waals surface area contributed by atoms with Gasteiger partial charge in [-0.15, -0.1) is 11.6 Å².